The van der Waals surface area contributed by atoms with Crippen LogP contribution in [0.25, 0.3) is 0 Å². The van der Waals surface area contributed by atoms with Crippen molar-refractivity contribution in [2.75, 3.05) is 33.9 Å². The van der Waals surface area contributed by atoms with Crippen molar-refractivity contribution in [3.8, 4) is 11.5 Å². The van der Waals surface area contributed by atoms with Gasteiger partial charge in [-0.05, 0) is 56.9 Å². The van der Waals surface area contributed by atoms with E-state index in [0.29, 0.717) is 43.2 Å². The molecule has 1 heterocycles. The Morgan fingerprint density at radius 2 is 1.74 bits per heavy atom. The first kappa shape index (κ1) is 19.6. The predicted octanol–water partition coefficient (Wildman–Crippen LogP) is 2.57. The van der Waals surface area contributed by atoms with Gasteiger partial charge in [-0.3, -0.25) is 0 Å². The standard InChI is InChI=1S/C19H23FN2O4S/c1-22(2)10-9-17(14-3-5-15(20)6-4-14)21-27(23,24)16-7-8-18-19(13-16)26-12-11-25-18/h3-8,13,17,21H,9-12H2,1-2H3. The number of sulfonamides is 1. The molecule has 0 saturated heterocycles. The van der Waals surface area contributed by atoms with Gasteiger partial charge < -0.3 is 14.4 Å². The zero-order valence-corrected chi connectivity index (χ0v) is 16.1. The van der Waals surface area contributed by atoms with Crippen LogP contribution in [0.2, 0.25) is 0 Å². The topological polar surface area (TPSA) is 67.9 Å². The third-order valence-electron chi connectivity index (χ3n) is 4.26. The van der Waals surface area contributed by atoms with Crippen molar-refractivity contribution in [1.29, 1.82) is 0 Å². The maximum Gasteiger partial charge on any atom is 0.241 e. The molecule has 6 nitrogen and oxygen atoms in total. The molecule has 0 aliphatic carbocycles. The van der Waals surface area contributed by atoms with Crippen LogP contribution in [0.15, 0.2) is 47.4 Å². The van der Waals surface area contributed by atoms with Gasteiger partial charge in [0.25, 0.3) is 0 Å². The van der Waals surface area contributed by atoms with E-state index in [1.807, 2.05) is 19.0 Å². The summed E-state index contributed by atoms with van der Waals surface area (Å²) in [6.07, 6.45) is 0.544. The molecule has 1 aliphatic heterocycles. The van der Waals surface area contributed by atoms with Gasteiger partial charge in [-0.2, -0.15) is 0 Å². The molecular formula is C19H23FN2O4S. The second-order valence-corrected chi connectivity index (χ2v) is 8.34. The molecule has 0 bridgehead atoms. The van der Waals surface area contributed by atoms with Gasteiger partial charge in [0.2, 0.25) is 10.0 Å². The molecule has 2 aromatic rings. The maximum atomic E-state index is 13.3. The lowest BCUT2D eigenvalue weighted by molar-refractivity contribution is 0.171. The van der Waals surface area contributed by atoms with E-state index < -0.39 is 16.1 Å². The maximum absolute atomic E-state index is 13.3. The highest BCUT2D eigenvalue weighted by atomic mass is 32.2. The molecule has 0 spiro atoms. The van der Waals surface area contributed by atoms with E-state index in [9.17, 15) is 12.8 Å². The Morgan fingerprint density at radius 3 is 2.41 bits per heavy atom. The number of benzene rings is 2. The molecular weight excluding hydrogens is 371 g/mol. The quantitative estimate of drug-likeness (QED) is 0.782. The van der Waals surface area contributed by atoms with E-state index in [2.05, 4.69) is 4.72 Å². The van der Waals surface area contributed by atoms with Crippen LogP contribution >= 0.6 is 0 Å². The second kappa shape index (κ2) is 8.24. The third kappa shape index (κ3) is 4.97. The van der Waals surface area contributed by atoms with Crippen molar-refractivity contribution >= 4 is 10.0 Å². The molecule has 3 rings (SSSR count). The van der Waals surface area contributed by atoms with Crippen LogP contribution in [-0.4, -0.2) is 47.2 Å². The molecule has 0 amide bonds. The molecule has 0 radical (unpaired) electrons. The monoisotopic (exact) mass is 394 g/mol. The van der Waals surface area contributed by atoms with Crippen LogP contribution in [-0.2, 0) is 10.0 Å². The van der Waals surface area contributed by atoms with E-state index in [4.69, 9.17) is 9.47 Å². The summed E-state index contributed by atoms with van der Waals surface area (Å²) in [4.78, 5) is 2.07. The molecule has 0 saturated carbocycles. The summed E-state index contributed by atoms with van der Waals surface area (Å²) < 4.78 is 52.7. The van der Waals surface area contributed by atoms with Crippen LogP contribution in [0.5, 0.6) is 11.5 Å². The number of hydrogen-bond donors (Lipinski definition) is 1. The first-order valence-corrected chi connectivity index (χ1v) is 10.2. The highest BCUT2D eigenvalue weighted by Crippen LogP contribution is 2.32. The van der Waals surface area contributed by atoms with Crippen molar-refractivity contribution in [3.63, 3.8) is 0 Å². The minimum atomic E-state index is -3.80. The lowest BCUT2D eigenvalue weighted by Gasteiger charge is -2.22. The Balaban J connectivity index is 1.85. The smallest absolute Gasteiger partial charge is 0.241 e. The number of halogens is 1. The van der Waals surface area contributed by atoms with Crippen molar-refractivity contribution in [1.82, 2.24) is 9.62 Å². The fraction of sp³-hybridized carbons (Fsp3) is 0.368. The summed E-state index contributed by atoms with van der Waals surface area (Å²) in [5.74, 6) is 0.582. The van der Waals surface area contributed by atoms with E-state index in [-0.39, 0.29) is 10.7 Å². The fourth-order valence-corrected chi connectivity index (χ4v) is 4.10. The summed E-state index contributed by atoms with van der Waals surface area (Å²) in [5, 5.41) is 0. The first-order valence-electron chi connectivity index (χ1n) is 8.67. The second-order valence-electron chi connectivity index (χ2n) is 6.62. The summed E-state index contributed by atoms with van der Waals surface area (Å²) in [5.41, 5.74) is 0.708. The average molecular weight is 394 g/mol. The Kier molecular flexibility index (Phi) is 5.98. The highest BCUT2D eigenvalue weighted by molar-refractivity contribution is 7.89. The van der Waals surface area contributed by atoms with Crippen LogP contribution < -0.4 is 14.2 Å². The molecule has 0 fully saturated rings. The van der Waals surface area contributed by atoms with Crippen LogP contribution in [0.4, 0.5) is 4.39 Å². The fourth-order valence-electron chi connectivity index (χ4n) is 2.82. The van der Waals surface area contributed by atoms with E-state index in [0.717, 1.165) is 0 Å². The first-order chi connectivity index (χ1) is 12.8. The molecule has 1 N–H and O–H groups in total. The Morgan fingerprint density at radius 1 is 1.07 bits per heavy atom. The normalized spacial score (nSPS) is 15.0. The number of hydrogen-bond acceptors (Lipinski definition) is 5. The van der Waals surface area contributed by atoms with Crippen LogP contribution in [0.1, 0.15) is 18.0 Å². The highest BCUT2D eigenvalue weighted by Gasteiger charge is 2.24. The lowest BCUT2D eigenvalue weighted by Crippen LogP contribution is -2.31. The number of fused-ring (bicyclic) bond motifs is 1. The van der Waals surface area contributed by atoms with Gasteiger partial charge in [0.15, 0.2) is 11.5 Å². The van der Waals surface area contributed by atoms with E-state index in [1.54, 1.807) is 18.2 Å². The zero-order valence-electron chi connectivity index (χ0n) is 15.3. The summed E-state index contributed by atoms with van der Waals surface area (Å²) >= 11 is 0. The summed E-state index contributed by atoms with van der Waals surface area (Å²) in [7, 11) is 0.0305. The molecule has 0 aromatic heterocycles. The van der Waals surface area contributed by atoms with Gasteiger partial charge in [0.05, 0.1) is 4.90 Å². The lowest BCUT2D eigenvalue weighted by atomic mass is 10.0. The molecule has 1 atom stereocenters. The third-order valence-corrected chi connectivity index (χ3v) is 5.73. The number of ether oxygens (including phenoxy) is 2. The minimum Gasteiger partial charge on any atom is -0.486 e. The summed E-state index contributed by atoms with van der Waals surface area (Å²) in [6, 6.07) is 9.92. The largest absolute Gasteiger partial charge is 0.486 e. The minimum absolute atomic E-state index is 0.101. The van der Waals surface area contributed by atoms with Crippen molar-refractivity contribution in [3.05, 3.63) is 53.8 Å². The Labute approximate surface area is 159 Å². The molecule has 8 heteroatoms. The number of nitrogens with one attached hydrogen (secondary N) is 1. The Hall–Kier alpha value is -2.16. The van der Waals surface area contributed by atoms with E-state index >= 15 is 0 Å². The van der Waals surface area contributed by atoms with Crippen molar-refractivity contribution < 1.29 is 22.3 Å². The zero-order chi connectivity index (χ0) is 19.4. The van der Waals surface area contributed by atoms with Crippen LogP contribution in [0, 0.1) is 5.82 Å². The molecule has 1 unspecified atom stereocenters. The number of nitrogens with zero attached hydrogens (tertiary/aromatic N) is 1. The van der Waals surface area contributed by atoms with Gasteiger partial charge in [-0.1, -0.05) is 12.1 Å². The molecule has 2 aromatic carbocycles. The van der Waals surface area contributed by atoms with Crippen molar-refractivity contribution in [2.45, 2.75) is 17.4 Å². The van der Waals surface area contributed by atoms with Gasteiger partial charge >= 0.3 is 0 Å². The van der Waals surface area contributed by atoms with E-state index in [1.165, 1.54) is 24.3 Å². The van der Waals surface area contributed by atoms with Gasteiger partial charge in [0, 0.05) is 12.1 Å². The molecule has 27 heavy (non-hydrogen) atoms. The van der Waals surface area contributed by atoms with Crippen LogP contribution in [0.3, 0.4) is 0 Å². The van der Waals surface area contributed by atoms with Gasteiger partial charge in [-0.15, -0.1) is 0 Å². The molecule has 1 aliphatic rings. The molecule has 146 valence electrons. The van der Waals surface area contributed by atoms with Gasteiger partial charge in [-0.25, -0.2) is 17.5 Å². The van der Waals surface area contributed by atoms with Gasteiger partial charge in [0.1, 0.15) is 19.0 Å². The Bertz CT molecular complexity index is 885. The average Bonchev–Trinajstić information content (AvgIpc) is 2.65. The van der Waals surface area contributed by atoms with Crippen molar-refractivity contribution in [2.24, 2.45) is 0 Å². The summed E-state index contributed by atoms with van der Waals surface area (Å²) in [6.45, 7) is 1.49. The predicted molar refractivity (Wildman–Crippen MR) is 100 cm³/mol. The SMILES string of the molecule is CN(C)CCC(NS(=O)(=O)c1ccc2c(c1)OCCO2)c1ccc(F)cc1. The number of rotatable bonds is 7.